The molecule has 4 nitrogen and oxygen atoms in total. The van der Waals surface area contributed by atoms with E-state index in [1.165, 1.54) is 32.4 Å². The van der Waals surface area contributed by atoms with Crippen molar-refractivity contribution in [3.05, 3.63) is 39.9 Å². The largest absolute Gasteiger partial charge is 0.326 e. The normalized spacial score (nSPS) is 17.8. The van der Waals surface area contributed by atoms with Crippen LogP contribution in [-0.2, 0) is 0 Å². The summed E-state index contributed by atoms with van der Waals surface area (Å²) in [5.41, 5.74) is 1.01. The summed E-state index contributed by atoms with van der Waals surface area (Å²) in [6, 6.07) is 8.06. The van der Waals surface area contributed by atoms with Crippen LogP contribution in [0.3, 0.4) is 0 Å². The molecule has 0 radical (unpaired) electrons. The first-order chi connectivity index (χ1) is 10.2. The maximum atomic E-state index is 5.97. The van der Waals surface area contributed by atoms with E-state index in [0.29, 0.717) is 10.8 Å². The van der Waals surface area contributed by atoms with Crippen LogP contribution in [0, 0.1) is 4.77 Å². The van der Waals surface area contributed by atoms with Crippen molar-refractivity contribution in [3.63, 3.8) is 0 Å². The molecule has 1 saturated heterocycles. The van der Waals surface area contributed by atoms with Gasteiger partial charge in [-0.25, -0.2) is 0 Å². The Bertz CT molecular complexity index is 655. The molecule has 1 aromatic heterocycles. The van der Waals surface area contributed by atoms with E-state index in [-0.39, 0.29) is 0 Å². The highest BCUT2D eigenvalue weighted by atomic mass is 35.5. The summed E-state index contributed by atoms with van der Waals surface area (Å²) >= 11 is 11.4. The molecule has 1 aliphatic heterocycles. The summed E-state index contributed by atoms with van der Waals surface area (Å²) in [5.74, 6) is 0.999. The van der Waals surface area contributed by atoms with Crippen LogP contribution in [0.5, 0.6) is 0 Å². The van der Waals surface area contributed by atoms with Crippen molar-refractivity contribution in [3.8, 4) is 5.69 Å². The molecule has 1 fully saturated rings. The first-order valence-electron chi connectivity index (χ1n) is 7.44. The number of piperidine rings is 1. The Hall–Kier alpha value is -1.17. The summed E-state index contributed by atoms with van der Waals surface area (Å²) < 4.78 is 2.66. The van der Waals surface area contributed by atoms with Crippen LogP contribution in [-0.4, -0.2) is 27.9 Å². The number of aromatic amines is 1. The molecule has 0 saturated carbocycles. The van der Waals surface area contributed by atoms with Gasteiger partial charge in [0.05, 0.1) is 13.1 Å². The fourth-order valence-corrected chi connectivity index (χ4v) is 3.43. The number of benzene rings is 1. The molecule has 0 spiro atoms. The van der Waals surface area contributed by atoms with Gasteiger partial charge in [0.25, 0.3) is 0 Å². The van der Waals surface area contributed by atoms with Crippen LogP contribution < -0.4 is 4.90 Å². The van der Waals surface area contributed by atoms with E-state index < -0.39 is 0 Å². The summed E-state index contributed by atoms with van der Waals surface area (Å²) in [5, 5.41) is 8.15. The van der Waals surface area contributed by atoms with Gasteiger partial charge in [-0.3, -0.25) is 9.67 Å². The molecule has 0 unspecified atom stereocenters. The Balaban J connectivity index is 1.96. The second-order valence-corrected chi connectivity index (χ2v) is 6.46. The zero-order chi connectivity index (χ0) is 14.8. The maximum absolute atomic E-state index is 5.97. The van der Waals surface area contributed by atoms with Crippen LogP contribution in [0.25, 0.3) is 5.69 Å². The van der Waals surface area contributed by atoms with E-state index in [2.05, 4.69) is 17.1 Å². The van der Waals surface area contributed by atoms with Gasteiger partial charge >= 0.3 is 0 Å². The summed E-state index contributed by atoms with van der Waals surface area (Å²) in [7, 11) is 0. The van der Waals surface area contributed by atoms with Crippen LogP contribution in [0.2, 0.25) is 5.02 Å². The number of hydrogen-bond acceptors (Lipinski definition) is 2. The molecular formula is C15H20ClN4S+. The number of nitrogens with zero attached hydrogens (tertiary/aromatic N) is 2. The van der Waals surface area contributed by atoms with Gasteiger partial charge in [-0.1, -0.05) is 11.6 Å². The third-order valence-corrected chi connectivity index (χ3v) is 4.80. The Morgan fingerprint density at radius 3 is 2.57 bits per heavy atom. The van der Waals surface area contributed by atoms with Crippen LogP contribution in [0.1, 0.15) is 38.1 Å². The topological polar surface area (TPSA) is 38.0 Å². The second-order valence-electron chi connectivity index (χ2n) is 5.64. The van der Waals surface area contributed by atoms with E-state index in [1.54, 1.807) is 4.90 Å². The number of halogens is 1. The maximum Gasteiger partial charge on any atom is 0.200 e. The Kier molecular flexibility index (Phi) is 4.42. The Morgan fingerprint density at radius 1 is 1.24 bits per heavy atom. The van der Waals surface area contributed by atoms with Crippen LogP contribution in [0.4, 0.5) is 0 Å². The van der Waals surface area contributed by atoms with Crippen molar-refractivity contribution in [1.29, 1.82) is 0 Å². The molecule has 112 valence electrons. The SMILES string of the molecule is C[C@H](c1n[nH]c(=S)n1-c1ccc(Cl)cc1)[NH+]1CCCCC1. The number of quaternary nitrogens is 1. The van der Waals surface area contributed by atoms with Gasteiger partial charge in [-0.05, 0) is 62.7 Å². The molecule has 1 aliphatic rings. The molecular weight excluding hydrogens is 304 g/mol. The van der Waals surface area contributed by atoms with E-state index >= 15 is 0 Å². The third kappa shape index (κ3) is 3.05. The lowest BCUT2D eigenvalue weighted by atomic mass is 10.1. The highest BCUT2D eigenvalue weighted by molar-refractivity contribution is 7.71. The average molecular weight is 324 g/mol. The molecule has 1 atom stereocenters. The summed E-state index contributed by atoms with van der Waals surface area (Å²) in [4.78, 5) is 1.59. The number of hydrogen-bond donors (Lipinski definition) is 2. The molecule has 2 N–H and O–H groups in total. The van der Waals surface area contributed by atoms with Crippen molar-refractivity contribution in [1.82, 2.24) is 14.8 Å². The molecule has 3 rings (SSSR count). The zero-order valence-electron chi connectivity index (χ0n) is 12.1. The lowest BCUT2D eigenvalue weighted by Crippen LogP contribution is -3.12. The van der Waals surface area contributed by atoms with Crippen LogP contribution in [0.15, 0.2) is 24.3 Å². The lowest BCUT2D eigenvalue weighted by Gasteiger charge is -2.28. The number of aromatic nitrogens is 3. The minimum absolute atomic E-state index is 0.328. The van der Waals surface area contributed by atoms with Crippen molar-refractivity contribution in [2.75, 3.05) is 13.1 Å². The highest BCUT2D eigenvalue weighted by Gasteiger charge is 2.26. The van der Waals surface area contributed by atoms with E-state index in [0.717, 1.165) is 16.5 Å². The molecule has 0 aliphatic carbocycles. The Labute approximate surface area is 134 Å². The Morgan fingerprint density at radius 2 is 1.90 bits per heavy atom. The molecule has 2 aromatic rings. The standard InChI is InChI=1S/C15H19ClN4S/c1-11(19-9-3-2-4-10-19)14-17-18-15(21)20(14)13-7-5-12(16)6-8-13/h5-8,11H,2-4,9-10H2,1H3,(H,18,21)/p+1/t11-/m1/s1. The van der Waals surface area contributed by atoms with E-state index in [9.17, 15) is 0 Å². The van der Waals surface area contributed by atoms with Crippen molar-refractivity contribution < 1.29 is 4.90 Å². The third-order valence-electron chi connectivity index (χ3n) is 4.28. The van der Waals surface area contributed by atoms with Gasteiger partial charge in [0.1, 0.15) is 6.04 Å². The molecule has 0 amide bonds. The first kappa shape index (κ1) is 14.8. The van der Waals surface area contributed by atoms with Gasteiger partial charge in [-0.2, -0.15) is 5.10 Å². The fourth-order valence-electron chi connectivity index (χ4n) is 3.06. The monoisotopic (exact) mass is 323 g/mol. The fraction of sp³-hybridized carbons (Fsp3) is 0.467. The highest BCUT2D eigenvalue weighted by Crippen LogP contribution is 2.18. The quantitative estimate of drug-likeness (QED) is 0.852. The smallest absolute Gasteiger partial charge is 0.200 e. The van der Waals surface area contributed by atoms with Gasteiger partial charge < -0.3 is 4.90 Å². The predicted octanol–water partition coefficient (Wildman–Crippen LogP) is 2.71. The minimum Gasteiger partial charge on any atom is -0.326 e. The summed E-state index contributed by atoms with van der Waals surface area (Å²) in [6.45, 7) is 4.65. The van der Waals surface area contributed by atoms with Gasteiger partial charge in [0.2, 0.25) is 0 Å². The van der Waals surface area contributed by atoms with E-state index in [1.807, 2.05) is 28.8 Å². The molecule has 6 heteroatoms. The predicted molar refractivity (Wildman–Crippen MR) is 86.7 cm³/mol. The summed E-state index contributed by atoms with van der Waals surface area (Å²) in [6.07, 6.45) is 3.94. The molecule has 1 aromatic carbocycles. The minimum atomic E-state index is 0.328. The van der Waals surface area contributed by atoms with Gasteiger partial charge in [0, 0.05) is 10.7 Å². The van der Waals surface area contributed by atoms with Gasteiger partial charge in [-0.15, -0.1) is 0 Å². The molecule has 21 heavy (non-hydrogen) atoms. The van der Waals surface area contributed by atoms with Crippen molar-refractivity contribution in [2.45, 2.75) is 32.2 Å². The number of nitrogens with one attached hydrogen (secondary N) is 2. The number of likely N-dealkylation sites (tertiary alicyclic amines) is 1. The number of rotatable bonds is 3. The van der Waals surface area contributed by atoms with E-state index in [4.69, 9.17) is 23.8 Å². The molecule has 0 bridgehead atoms. The molecule has 2 heterocycles. The first-order valence-corrected chi connectivity index (χ1v) is 8.23. The van der Waals surface area contributed by atoms with Gasteiger partial charge in [0.15, 0.2) is 10.6 Å². The van der Waals surface area contributed by atoms with Crippen molar-refractivity contribution in [2.24, 2.45) is 0 Å². The second kappa shape index (κ2) is 6.30. The number of H-pyrrole nitrogens is 1. The lowest BCUT2D eigenvalue weighted by molar-refractivity contribution is -0.935. The van der Waals surface area contributed by atoms with Crippen molar-refractivity contribution >= 4 is 23.8 Å². The van der Waals surface area contributed by atoms with Crippen LogP contribution >= 0.6 is 23.8 Å². The zero-order valence-corrected chi connectivity index (χ0v) is 13.7. The average Bonchev–Trinajstić information content (AvgIpc) is 2.90.